The molecule has 2 N–H and O–H groups in total. The first-order valence-electron chi connectivity index (χ1n) is 6.55. The molecule has 4 nitrogen and oxygen atoms in total. The van der Waals surface area contributed by atoms with E-state index in [1.54, 1.807) is 11.3 Å². The summed E-state index contributed by atoms with van der Waals surface area (Å²) in [5, 5.41) is 7.17. The summed E-state index contributed by atoms with van der Waals surface area (Å²) in [7, 11) is 0. The second-order valence-corrected chi connectivity index (χ2v) is 6.36. The van der Waals surface area contributed by atoms with Crippen LogP contribution >= 0.6 is 11.3 Å². The number of amides is 1. The normalized spacial score (nSPS) is 19.4. The van der Waals surface area contributed by atoms with Crippen molar-refractivity contribution in [2.24, 2.45) is 0 Å². The van der Waals surface area contributed by atoms with Gasteiger partial charge >= 0.3 is 0 Å². The second kappa shape index (κ2) is 5.80. The van der Waals surface area contributed by atoms with Crippen LogP contribution in [0.1, 0.15) is 48.2 Å². The average Bonchev–Trinajstić information content (AvgIpc) is 2.94. The summed E-state index contributed by atoms with van der Waals surface area (Å²) in [5.74, 6) is 0.550. The lowest BCUT2D eigenvalue weighted by Gasteiger charge is -2.09. The Morgan fingerprint density at radius 2 is 2.39 bits per heavy atom. The molecule has 2 heterocycles. The summed E-state index contributed by atoms with van der Waals surface area (Å²) < 4.78 is 0. The molecule has 18 heavy (non-hydrogen) atoms. The zero-order chi connectivity index (χ0) is 13.1. The smallest absolute Gasteiger partial charge is 0.237 e. The molecule has 0 bridgehead atoms. The molecule has 0 saturated carbocycles. The molecule has 1 atom stereocenters. The van der Waals surface area contributed by atoms with Gasteiger partial charge in [-0.25, -0.2) is 4.98 Å². The number of nitrogens with zero attached hydrogens (tertiary/aromatic N) is 1. The van der Waals surface area contributed by atoms with Gasteiger partial charge in [0.15, 0.2) is 0 Å². The number of nitrogens with one attached hydrogen (secondary N) is 2. The molecule has 1 aliphatic rings. The topological polar surface area (TPSA) is 54.0 Å². The van der Waals surface area contributed by atoms with Crippen molar-refractivity contribution in [3.63, 3.8) is 0 Å². The van der Waals surface area contributed by atoms with Crippen LogP contribution in [0.2, 0.25) is 0 Å². The van der Waals surface area contributed by atoms with Crippen LogP contribution in [0.4, 0.5) is 0 Å². The summed E-state index contributed by atoms with van der Waals surface area (Å²) in [4.78, 5) is 17.7. The molecule has 0 aromatic carbocycles. The van der Waals surface area contributed by atoms with Crippen molar-refractivity contribution in [3.8, 4) is 0 Å². The summed E-state index contributed by atoms with van der Waals surface area (Å²) in [6, 6.07) is -0.00405. The molecular weight excluding hydrogens is 246 g/mol. The predicted molar refractivity (Wildman–Crippen MR) is 73.8 cm³/mol. The maximum absolute atomic E-state index is 11.8. The van der Waals surface area contributed by atoms with Crippen molar-refractivity contribution < 1.29 is 4.79 Å². The molecule has 0 aliphatic carbocycles. The first-order chi connectivity index (χ1) is 8.58. The van der Waals surface area contributed by atoms with Crippen LogP contribution in [0, 0.1) is 6.92 Å². The number of carbonyl (C=O) groups is 1. The van der Waals surface area contributed by atoms with Crippen LogP contribution in [0.25, 0.3) is 0 Å². The van der Waals surface area contributed by atoms with Gasteiger partial charge in [0.25, 0.3) is 0 Å². The van der Waals surface area contributed by atoms with E-state index in [0.29, 0.717) is 12.5 Å². The number of aryl methyl sites for hydroxylation is 1. The number of rotatable bonds is 4. The van der Waals surface area contributed by atoms with Gasteiger partial charge < -0.3 is 10.6 Å². The minimum Gasteiger partial charge on any atom is -0.348 e. The van der Waals surface area contributed by atoms with E-state index >= 15 is 0 Å². The van der Waals surface area contributed by atoms with Crippen LogP contribution in [0.5, 0.6) is 0 Å². The molecule has 2 rings (SSSR count). The molecule has 100 valence electrons. The molecule has 1 saturated heterocycles. The zero-order valence-corrected chi connectivity index (χ0v) is 12.1. The van der Waals surface area contributed by atoms with Gasteiger partial charge in [-0.05, 0) is 32.2 Å². The number of thiazole rings is 1. The fourth-order valence-electron chi connectivity index (χ4n) is 2.27. The van der Waals surface area contributed by atoms with Gasteiger partial charge in [-0.15, -0.1) is 11.3 Å². The van der Waals surface area contributed by atoms with Gasteiger partial charge in [0.2, 0.25) is 5.91 Å². The van der Waals surface area contributed by atoms with Crippen molar-refractivity contribution >= 4 is 17.2 Å². The Balaban J connectivity index is 1.89. The van der Waals surface area contributed by atoms with E-state index in [1.807, 2.05) is 0 Å². The highest BCUT2D eigenvalue weighted by Gasteiger charge is 2.21. The highest BCUT2D eigenvalue weighted by atomic mass is 32.1. The van der Waals surface area contributed by atoms with Crippen molar-refractivity contribution in [2.45, 2.75) is 52.1 Å². The van der Waals surface area contributed by atoms with Gasteiger partial charge in [-0.1, -0.05) is 13.8 Å². The van der Waals surface area contributed by atoms with Crippen molar-refractivity contribution in [1.82, 2.24) is 15.6 Å². The van der Waals surface area contributed by atoms with Gasteiger partial charge in [-0.3, -0.25) is 4.79 Å². The third-order valence-electron chi connectivity index (χ3n) is 3.21. The maximum Gasteiger partial charge on any atom is 0.237 e. The Morgan fingerprint density at radius 3 is 2.94 bits per heavy atom. The van der Waals surface area contributed by atoms with Crippen molar-refractivity contribution in [2.75, 3.05) is 6.54 Å². The van der Waals surface area contributed by atoms with Crippen LogP contribution in [0.3, 0.4) is 0 Å². The largest absolute Gasteiger partial charge is 0.348 e. The second-order valence-electron chi connectivity index (χ2n) is 5.07. The summed E-state index contributed by atoms with van der Waals surface area (Å²) in [6.07, 6.45) is 2.03. The minimum absolute atomic E-state index is 0.00405. The highest BCUT2D eigenvalue weighted by Crippen LogP contribution is 2.23. The lowest BCUT2D eigenvalue weighted by atomic mass is 10.1. The standard InChI is InChI=1S/C13H21N3OS/c1-8(2)12-9(3)18-11(16-12)7-15-13(17)10-5-4-6-14-10/h8,10,14H,4-7H2,1-3H3,(H,15,17). The van der Waals surface area contributed by atoms with Crippen LogP contribution in [0.15, 0.2) is 0 Å². The molecule has 5 heteroatoms. The van der Waals surface area contributed by atoms with E-state index in [1.165, 1.54) is 4.88 Å². The molecule has 1 aliphatic heterocycles. The first kappa shape index (κ1) is 13.5. The molecule has 1 amide bonds. The Labute approximate surface area is 112 Å². The number of hydrogen-bond donors (Lipinski definition) is 2. The number of hydrogen-bond acceptors (Lipinski definition) is 4. The summed E-state index contributed by atoms with van der Waals surface area (Å²) in [5.41, 5.74) is 1.16. The summed E-state index contributed by atoms with van der Waals surface area (Å²) >= 11 is 1.68. The average molecular weight is 267 g/mol. The quantitative estimate of drug-likeness (QED) is 0.876. The molecule has 1 aromatic rings. The van der Waals surface area contributed by atoms with E-state index in [4.69, 9.17) is 0 Å². The van der Waals surface area contributed by atoms with Crippen LogP contribution in [-0.4, -0.2) is 23.5 Å². The fourth-order valence-corrected chi connectivity index (χ4v) is 3.30. The summed E-state index contributed by atoms with van der Waals surface area (Å²) in [6.45, 7) is 7.89. The Bertz CT molecular complexity index is 422. The van der Waals surface area contributed by atoms with Crippen molar-refractivity contribution in [1.29, 1.82) is 0 Å². The highest BCUT2D eigenvalue weighted by molar-refractivity contribution is 7.11. The SMILES string of the molecule is Cc1sc(CNC(=O)C2CCCN2)nc1C(C)C. The van der Waals surface area contributed by atoms with Gasteiger partial charge in [0.05, 0.1) is 18.3 Å². The molecule has 1 unspecified atom stereocenters. The lowest BCUT2D eigenvalue weighted by Crippen LogP contribution is -2.39. The third-order valence-corrected chi connectivity index (χ3v) is 4.20. The fraction of sp³-hybridized carbons (Fsp3) is 0.692. The van der Waals surface area contributed by atoms with Crippen molar-refractivity contribution in [3.05, 3.63) is 15.6 Å². The van der Waals surface area contributed by atoms with E-state index in [2.05, 4.69) is 36.4 Å². The molecular formula is C13H21N3OS. The zero-order valence-electron chi connectivity index (χ0n) is 11.2. The monoisotopic (exact) mass is 267 g/mol. The van der Waals surface area contributed by atoms with Gasteiger partial charge in [-0.2, -0.15) is 0 Å². The number of aromatic nitrogens is 1. The Hall–Kier alpha value is -0.940. The minimum atomic E-state index is -0.00405. The molecule has 0 radical (unpaired) electrons. The Kier molecular flexibility index (Phi) is 4.35. The van der Waals surface area contributed by atoms with Crippen LogP contribution < -0.4 is 10.6 Å². The van der Waals surface area contributed by atoms with Gasteiger partial charge in [0.1, 0.15) is 5.01 Å². The first-order valence-corrected chi connectivity index (χ1v) is 7.37. The molecule has 1 aromatic heterocycles. The van der Waals surface area contributed by atoms with Crippen LogP contribution in [-0.2, 0) is 11.3 Å². The van der Waals surface area contributed by atoms with E-state index in [9.17, 15) is 4.79 Å². The van der Waals surface area contributed by atoms with E-state index in [-0.39, 0.29) is 11.9 Å². The predicted octanol–water partition coefficient (Wildman–Crippen LogP) is 1.94. The number of carbonyl (C=O) groups excluding carboxylic acids is 1. The molecule has 1 fully saturated rings. The molecule has 0 spiro atoms. The van der Waals surface area contributed by atoms with Gasteiger partial charge in [0, 0.05) is 4.88 Å². The van der Waals surface area contributed by atoms with E-state index in [0.717, 1.165) is 30.1 Å². The third kappa shape index (κ3) is 3.09. The Morgan fingerprint density at radius 1 is 1.61 bits per heavy atom. The maximum atomic E-state index is 11.8. The van der Waals surface area contributed by atoms with E-state index < -0.39 is 0 Å². The lowest BCUT2D eigenvalue weighted by molar-refractivity contribution is -0.122.